The zero-order chi connectivity index (χ0) is 12.9. The highest BCUT2D eigenvalue weighted by Crippen LogP contribution is 2.38. The zero-order valence-corrected chi connectivity index (χ0v) is 11.0. The van der Waals surface area contributed by atoms with Crippen molar-refractivity contribution >= 4 is 27.5 Å². The Bertz CT molecular complexity index is 682. The van der Waals surface area contributed by atoms with Crippen LogP contribution in [0, 0.1) is 0 Å². The average molecular weight is 304 g/mol. The first-order valence-corrected chi connectivity index (χ1v) is 6.23. The molecule has 1 aromatic heterocycles. The number of nitrogens with zero attached hydrogens (tertiary/aromatic N) is 1. The number of benzene rings is 1. The quantitative estimate of drug-likeness (QED) is 0.533. The van der Waals surface area contributed by atoms with Gasteiger partial charge in [0, 0.05) is 23.2 Å². The van der Waals surface area contributed by atoms with Crippen LogP contribution in [0.5, 0.6) is 0 Å². The van der Waals surface area contributed by atoms with Gasteiger partial charge in [-0.15, -0.1) is 0 Å². The number of anilines is 1. The van der Waals surface area contributed by atoms with Gasteiger partial charge < -0.3 is 11.5 Å². The minimum atomic E-state index is -0.435. The van der Waals surface area contributed by atoms with Crippen LogP contribution in [0.2, 0.25) is 0 Å². The lowest BCUT2D eigenvalue weighted by atomic mass is 10.1. The fourth-order valence-electron chi connectivity index (χ4n) is 2.34. The number of nitrogen functional groups attached to an aromatic ring is 1. The summed E-state index contributed by atoms with van der Waals surface area (Å²) in [5.74, 6) is -0.435. The number of amides is 1. The fraction of sp³-hybridized carbons (Fsp3) is 0.0769. The Hall–Kier alpha value is -1.88. The Balaban J connectivity index is 2.29. The molecule has 0 atom stereocenters. The molecule has 0 fully saturated rings. The molecule has 0 saturated heterocycles. The van der Waals surface area contributed by atoms with Gasteiger partial charge in [0.2, 0.25) is 5.91 Å². The van der Waals surface area contributed by atoms with Crippen molar-refractivity contribution in [1.82, 2.24) is 4.98 Å². The number of nitrogens with two attached hydrogens (primary N) is 2. The molecule has 1 aromatic carbocycles. The summed E-state index contributed by atoms with van der Waals surface area (Å²) in [6.45, 7) is 0. The summed E-state index contributed by atoms with van der Waals surface area (Å²) in [7, 11) is 0. The molecule has 90 valence electrons. The predicted octanol–water partition coefficient (Wildman–Crippen LogP) is 2.10. The lowest BCUT2D eigenvalue weighted by molar-refractivity contribution is 0.0999. The van der Waals surface area contributed by atoms with Crippen LogP contribution in [0.3, 0.4) is 0 Å². The number of hydrogen-bond donors (Lipinski definition) is 2. The number of rotatable bonds is 1. The molecule has 1 aliphatic carbocycles. The first-order chi connectivity index (χ1) is 8.56. The van der Waals surface area contributed by atoms with Gasteiger partial charge in [-0.3, -0.25) is 4.79 Å². The second kappa shape index (κ2) is 3.81. The zero-order valence-electron chi connectivity index (χ0n) is 9.40. The molecule has 4 nitrogen and oxygen atoms in total. The van der Waals surface area contributed by atoms with E-state index in [0.717, 1.165) is 22.4 Å². The standard InChI is InChI=1S/C13H10BrN3O/c14-11-5-10(13(16)18)9-4-6-3-7(15)1-2-8(6)12(9)17-11/h1-3,5H,4,15H2,(H2,16,18). The highest BCUT2D eigenvalue weighted by Gasteiger charge is 2.25. The SMILES string of the molecule is NC(=O)c1cc(Br)nc2c1Cc1cc(N)ccc1-2. The van der Waals surface area contributed by atoms with E-state index in [1.54, 1.807) is 6.07 Å². The van der Waals surface area contributed by atoms with Gasteiger partial charge in [-0.05, 0) is 45.3 Å². The molecule has 3 rings (SSSR count). The maximum atomic E-state index is 11.5. The molecule has 1 heterocycles. The van der Waals surface area contributed by atoms with E-state index in [1.165, 1.54) is 0 Å². The van der Waals surface area contributed by atoms with Crippen molar-refractivity contribution in [3.05, 3.63) is 45.6 Å². The molecule has 0 spiro atoms. The maximum Gasteiger partial charge on any atom is 0.249 e. The van der Waals surface area contributed by atoms with E-state index in [0.29, 0.717) is 22.3 Å². The molecule has 0 bridgehead atoms. The monoisotopic (exact) mass is 303 g/mol. The number of primary amides is 1. The Morgan fingerprint density at radius 3 is 2.83 bits per heavy atom. The van der Waals surface area contributed by atoms with Crippen LogP contribution >= 0.6 is 15.9 Å². The van der Waals surface area contributed by atoms with Gasteiger partial charge in [-0.25, -0.2) is 4.98 Å². The van der Waals surface area contributed by atoms with Gasteiger partial charge in [0.15, 0.2) is 0 Å². The third-order valence-corrected chi connectivity index (χ3v) is 3.52. The Labute approximate surface area is 112 Å². The minimum Gasteiger partial charge on any atom is -0.399 e. The topological polar surface area (TPSA) is 82.0 Å². The number of carbonyl (C=O) groups is 1. The number of carbonyl (C=O) groups excluding carboxylic acids is 1. The molecule has 0 aliphatic heterocycles. The second-order valence-corrected chi connectivity index (χ2v) is 5.09. The van der Waals surface area contributed by atoms with E-state index in [2.05, 4.69) is 20.9 Å². The predicted molar refractivity (Wildman–Crippen MR) is 73.1 cm³/mol. The molecule has 4 N–H and O–H groups in total. The third kappa shape index (κ3) is 1.59. The van der Waals surface area contributed by atoms with Crippen molar-refractivity contribution in [2.24, 2.45) is 5.73 Å². The highest BCUT2D eigenvalue weighted by molar-refractivity contribution is 9.10. The number of aromatic nitrogens is 1. The summed E-state index contributed by atoms with van der Waals surface area (Å²) in [5, 5.41) is 0. The van der Waals surface area contributed by atoms with E-state index in [-0.39, 0.29) is 0 Å². The highest BCUT2D eigenvalue weighted by atomic mass is 79.9. The third-order valence-electron chi connectivity index (χ3n) is 3.11. The van der Waals surface area contributed by atoms with Crippen molar-refractivity contribution in [3.8, 4) is 11.3 Å². The first-order valence-electron chi connectivity index (χ1n) is 5.44. The Morgan fingerprint density at radius 2 is 2.11 bits per heavy atom. The van der Waals surface area contributed by atoms with Crippen LogP contribution in [0.4, 0.5) is 5.69 Å². The van der Waals surface area contributed by atoms with E-state index in [1.807, 2.05) is 18.2 Å². The lowest BCUT2D eigenvalue weighted by Crippen LogP contribution is -2.14. The molecule has 2 aromatic rings. The van der Waals surface area contributed by atoms with Crippen LogP contribution in [0.1, 0.15) is 21.5 Å². The first kappa shape index (κ1) is 11.2. The van der Waals surface area contributed by atoms with Gasteiger partial charge in [0.25, 0.3) is 0 Å². The summed E-state index contributed by atoms with van der Waals surface area (Å²) >= 11 is 3.31. The summed E-state index contributed by atoms with van der Waals surface area (Å²) in [5.41, 5.74) is 16.2. The van der Waals surface area contributed by atoms with Crippen molar-refractivity contribution in [1.29, 1.82) is 0 Å². The van der Waals surface area contributed by atoms with Crippen LogP contribution in [0.15, 0.2) is 28.9 Å². The largest absolute Gasteiger partial charge is 0.399 e. The van der Waals surface area contributed by atoms with Crippen LogP contribution in [-0.4, -0.2) is 10.9 Å². The minimum absolute atomic E-state index is 0.435. The lowest BCUT2D eigenvalue weighted by Gasteiger charge is -2.05. The van der Waals surface area contributed by atoms with Crippen molar-refractivity contribution in [2.45, 2.75) is 6.42 Å². The van der Waals surface area contributed by atoms with Gasteiger partial charge in [0.1, 0.15) is 4.60 Å². The number of fused-ring (bicyclic) bond motifs is 3. The van der Waals surface area contributed by atoms with Gasteiger partial charge in [0.05, 0.1) is 5.69 Å². The molecule has 0 unspecified atom stereocenters. The molecule has 0 radical (unpaired) electrons. The van der Waals surface area contributed by atoms with Gasteiger partial charge in [-0.2, -0.15) is 0 Å². The van der Waals surface area contributed by atoms with E-state index in [9.17, 15) is 4.79 Å². The summed E-state index contributed by atoms with van der Waals surface area (Å²) < 4.78 is 0.611. The number of halogens is 1. The molecule has 1 aliphatic rings. The smallest absolute Gasteiger partial charge is 0.249 e. The second-order valence-electron chi connectivity index (χ2n) is 4.28. The van der Waals surface area contributed by atoms with E-state index in [4.69, 9.17) is 11.5 Å². The average Bonchev–Trinajstić information content (AvgIpc) is 2.65. The maximum absolute atomic E-state index is 11.5. The number of pyridine rings is 1. The summed E-state index contributed by atoms with van der Waals surface area (Å²) in [6, 6.07) is 7.34. The van der Waals surface area contributed by atoms with Crippen molar-refractivity contribution in [3.63, 3.8) is 0 Å². The molecule has 0 saturated carbocycles. The van der Waals surface area contributed by atoms with Crippen molar-refractivity contribution in [2.75, 3.05) is 5.73 Å². The fourth-order valence-corrected chi connectivity index (χ4v) is 2.75. The van der Waals surface area contributed by atoms with Gasteiger partial charge >= 0.3 is 0 Å². The Morgan fingerprint density at radius 1 is 1.33 bits per heavy atom. The van der Waals surface area contributed by atoms with Gasteiger partial charge in [-0.1, -0.05) is 6.07 Å². The molecule has 18 heavy (non-hydrogen) atoms. The Kier molecular flexibility index (Phi) is 2.38. The van der Waals surface area contributed by atoms with E-state index >= 15 is 0 Å². The van der Waals surface area contributed by atoms with E-state index < -0.39 is 5.91 Å². The molecule has 1 amide bonds. The van der Waals surface area contributed by atoms with Crippen LogP contribution in [-0.2, 0) is 6.42 Å². The van der Waals surface area contributed by atoms with Crippen molar-refractivity contribution < 1.29 is 4.79 Å². The van der Waals surface area contributed by atoms with Crippen LogP contribution in [0.25, 0.3) is 11.3 Å². The summed E-state index contributed by atoms with van der Waals surface area (Å²) in [6.07, 6.45) is 0.647. The molecule has 5 heteroatoms. The number of hydrogen-bond acceptors (Lipinski definition) is 3. The normalized spacial score (nSPS) is 12.1. The summed E-state index contributed by atoms with van der Waals surface area (Å²) in [4.78, 5) is 15.9. The molecular weight excluding hydrogens is 294 g/mol. The van der Waals surface area contributed by atoms with Crippen LogP contribution < -0.4 is 11.5 Å². The molecular formula is C13H10BrN3O.